The van der Waals surface area contributed by atoms with E-state index < -0.39 is 22.6 Å². The van der Waals surface area contributed by atoms with Crippen molar-refractivity contribution >= 4 is 40.5 Å². The molecule has 26 heavy (non-hydrogen) atoms. The summed E-state index contributed by atoms with van der Waals surface area (Å²) in [6, 6.07) is 7.44. The Morgan fingerprint density at radius 2 is 1.81 bits per heavy atom. The van der Waals surface area contributed by atoms with Gasteiger partial charge in [0.25, 0.3) is 5.91 Å². The SMILES string of the molecule is CCOC(=O)CCC1(C(=O)OCC)SC(=Nc2ccc(C)cc2)NC1=O. The lowest BCUT2D eigenvalue weighted by Crippen LogP contribution is -2.45. The minimum Gasteiger partial charge on any atom is -0.466 e. The molecular formula is C18H22N2O5S. The van der Waals surface area contributed by atoms with Gasteiger partial charge in [0.05, 0.1) is 18.9 Å². The number of nitrogens with zero attached hydrogens (tertiary/aromatic N) is 1. The van der Waals surface area contributed by atoms with Crippen LogP contribution in [0.3, 0.4) is 0 Å². The molecule has 0 saturated carbocycles. The first kappa shape index (κ1) is 20.0. The number of aryl methyl sites for hydroxylation is 1. The predicted molar refractivity (Wildman–Crippen MR) is 99.2 cm³/mol. The van der Waals surface area contributed by atoms with Gasteiger partial charge in [-0.2, -0.15) is 0 Å². The molecular weight excluding hydrogens is 356 g/mol. The van der Waals surface area contributed by atoms with E-state index in [1.807, 2.05) is 31.2 Å². The van der Waals surface area contributed by atoms with Gasteiger partial charge in [0.15, 0.2) is 9.91 Å². The zero-order chi connectivity index (χ0) is 19.2. The van der Waals surface area contributed by atoms with Gasteiger partial charge in [0.1, 0.15) is 0 Å². The van der Waals surface area contributed by atoms with Gasteiger partial charge in [0, 0.05) is 6.42 Å². The summed E-state index contributed by atoms with van der Waals surface area (Å²) < 4.78 is 8.44. The number of hydrogen-bond donors (Lipinski definition) is 1. The highest BCUT2D eigenvalue weighted by molar-refractivity contribution is 8.17. The second kappa shape index (κ2) is 8.84. The number of thioether (sulfide) groups is 1. The van der Waals surface area contributed by atoms with Gasteiger partial charge >= 0.3 is 11.9 Å². The smallest absolute Gasteiger partial charge is 0.332 e. The molecule has 1 fully saturated rings. The largest absolute Gasteiger partial charge is 0.466 e. The molecule has 1 aromatic carbocycles. The Morgan fingerprint density at radius 3 is 2.42 bits per heavy atom. The van der Waals surface area contributed by atoms with E-state index in [1.54, 1.807) is 13.8 Å². The summed E-state index contributed by atoms with van der Waals surface area (Å²) in [5, 5.41) is 2.93. The van der Waals surface area contributed by atoms with E-state index in [9.17, 15) is 14.4 Å². The van der Waals surface area contributed by atoms with Crippen LogP contribution < -0.4 is 5.32 Å². The number of aliphatic imine (C=N–C) groups is 1. The number of carbonyl (C=O) groups is 3. The highest BCUT2D eigenvalue weighted by Crippen LogP contribution is 2.38. The maximum absolute atomic E-state index is 12.6. The number of hydrogen-bond acceptors (Lipinski definition) is 7. The van der Waals surface area contributed by atoms with Crippen LogP contribution in [-0.2, 0) is 23.9 Å². The molecule has 1 atom stereocenters. The summed E-state index contributed by atoms with van der Waals surface area (Å²) in [6.07, 6.45) is -0.0844. The van der Waals surface area contributed by atoms with E-state index in [2.05, 4.69) is 10.3 Å². The molecule has 140 valence electrons. The van der Waals surface area contributed by atoms with Crippen molar-refractivity contribution in [3.8, 4) is 0 Å². The molecule has 0 spiro atoms. The van der Waals surface area contributed by atoms with Crippen molar-refractivity contribution in [1.82, 2.24) is 5.32 Å². The van der Waals surface area contributed by atoms with Crippen LogP contribution in [0.25, 0.3) is 0 Å². The van der Waals surface area contributed by atoms with Crippen LogP contribution in [-0.4, -0.2) is 41.0 Å². The van der Waals surface area contributed by atoms with Crippen LogP contribution in [0.4, 0.5) is 5.69 Å². The second-order valence-electron chi connectivity index (χ2n) is 5.66. The molecule has 1 unspecified atom stereocenters. The van der Waals surface area contributed by atoms with Gasteiger partial charge in [-0.1, -0.05) is 29.5 Å². The van der Waals surface area contributed by atoms with Crippen molar-refractivity contribution in [3.63, 3.8) is 0 Å². The first-order valence-electron chi connectivity index (χ1n) is 8.40. The Hall–Kier alpha value is -2.35. The van der Waals surface area contributed by atoms with E-state index in [-0.39, 0.29) is 26.1 Å². The third-order valence-electron chi connectivity index (χ3n) is 3.71. The molecule has 0 radical (unpaired) electrons. The van der Waals surface area contributed by atoms with Gasteiger partial charge in [-0.05, 0) is 39.3 Å². The van der Waals surface area contributed by atoms with Crippen LogP contribution >= 0.6 is 11.8 Å². The molecule has 1 aliphatic rings. The summed E-state index contributed by atoms with van der Waals surface area (Å²) in [5.74, 6) is -1.68. The Bertz CT molecular complexity index is 717. The highest BCUT2D eigenvalue weighted by Gasteiger charge is 2.54. The van der Waals surface area contributed by atoms with Crippen LogP contribution in [0, 0.1) is 6.92 Å². The van der Waals surface area contributed by atoms with Crippen LogP contribution in [0.15, 0.2) is 29.3 Å². The number of ether oxygens (including phenoxy) is 2. The van der Waals surface area contributed by atoms with Crippen molar-refractivity contribution in [3.05, 3.63) is 29.8 Å². The predicted octanol–water partition coefficient (Wildman–Crippen LogP) is 2.49. The topological polar surface area (TPSA) is 94.1 Å². The lowest BCUT2D eigenvalue weighted by atomic mass is 10.0. The fourth-order valence-corrected chi connectivity index (χ4v) is 3.50. The summed E-state index contributed by atoms with van der Waals surface area (Å²) in [4.78, 5) is 41.1. The van der Waals surface area contributed by atoms with E-state index in [0.717, 1.165) is 17.3 Å². The number of carbonyl (C=O) groups excluding carboxylic acids is 3. The third kappa shape index (κ3) is 4.63. The minimum absolute atomic E-state index is 0.0198. The third-order valence-corrected chi connectivity index (χ3v) is 5.01. The summed E-state index contributed by atoms with van der Waals surface area (Å²) in [7, 11) is 0. The van der Waals surface area contributed by atoms with E-state index in [4.69, 9.17) is 9.47 Å². The van der Waals surface area contributed by atoms with E-state index in [1.165, 1.54) is 0 Å². The van der Waals surface area contributed by atoms with Crippen LogP contribution in [0.1, 0.15) is 32.3 Å². The Labute approximate surface area is 156 Å². The molecule has 0 aliphatic carbocycles. The normalized spacial score (nSPS) is 20.7. The fourth-order valence-electron chi connectivity index (χ4n) is 2.38. The van der Waals surface area contributed by atoms with E-state index >= 15 is 0 Å². The van der Waals surface area contributed by atoms with Crippen molar-refractivity contribution in [2.24, 2.45) is 4.99 Å². The maximum Gasteiger partial charge on any atom is 0.332 e. The zero-order valence-corrected chi connectivity index (χ0v) is 15.9. The molecule has 1 heterocycles. The summed E-state index contributed by atoms with van der Waals surface area (Å²) >= 11 is 0.980. The Morgan fingerprint density at radius 1 is 1.15 bits per heavy atom. The van der Waals surface area contributed by atoms with E-state index in [0.29, 0.717) is 10.9 Å². The van der Waals surface area contributed by atoms with Crippen molar-refractivity contribution in [2.45, 2.75) is 38.4 Å². The monoisotopic (exact) mass is 378 g/mol. The van der Waals surface area contributed by atoms with Crippen LogP contribution in [0.2, 0.25) is 0 Å². The zero-order valence-electron chi connectivity index (χ0n) is 15.0. The minimum atomic E-state index is -1.54. The number of esters is 2. The molecule has 0 aromatic heterocycles. The van der Waals surface area contributed by atoms with Gasteiger partial charge in [-0.3, -0.25) is 9.59 Å². The first-order chi connectivity index (χ1) is 12.4. The molecule has 1 aliphatic heterocycles. The molecule has 1 saturated heterocycles. The quantitative estimate of drug-likeness (QED) is 0.579. The Kier molecular flexibility index (Phi) is 6.79. The number of nitrogens with one attached hydrogen (secondary N) is 1. The van der Waals surface area contributed by atoms with Gasteiger partial charge in [-0.25, -0.2) is 9.79 Å². The van der Waals surface area contributed by atoms with Crippen molar-refractivity contribution in [1.29, 1.82) is 0 Å². The molecule has 1 N–H and O–H groups in total. The lowest BCUT2D eigenvalue weighted by molar-refractivity contribution is -0.150. The van der Waals surface area contributed by atoms with Gasteiger partial charge < -0.3 is 14.8 Å². The average Bonchev–Trinajstić information content (AvgIpc) is 2.92. The maximum atomic E-state index is 12.6. The van der Waals surface area contributed by atoms with Gasteiger partial charge in [-0.15, -0.1) is 0 Å². The van der Waals surface area contributed by atoms with Crippen LogP contribution in [0.5, 0.6) is 0 Å². The van der Waals surface area contributed by atoms with Gasteiger partial charge in [0.2, 0.25) is 0 Å². The van der Waals surface area contributed by atoms with Crippen molar-refractivity contribution < 1.29 is 23.9 Å². The summed E-state index contributed by atoms with van der Waals surface area (Å²) in [5.41, 5.74) is 1.75. The number of amidine groups is 1. The number of rotatable bonds is 7. The van der Waals surface area contributed by atoms with Crippen molar-refractivity contribution in [2.75, 3.05) is 13.2 Å². The molecule has 1 aromatic rings. The fraction of sp³-hybridized carbons (Fsp3) is 0.444. The Balaban J connectivity index is 2.23. The lowest BCUT2D eigenvalue weighted by Gasteiger charge is -2.21. The molecule has 7 nitrogen and oxygen atoms in total. The molecule has 8 heteroatoms. The average molecular weight is 378 g/mol. The highest BCUT2D eigenvalue weighted by atomic mass is 32.2. The second-order valence-corrected chi connectivity index (χ2v) is 6.95. The standard InChI is InChI=1S/C18H22N2O5S/c1-4-24-14(21)10-11-18(16(23)25-5-2)15(22)20-17(26-18)19-13-8-6-12(3)7-9-13/h6-9H,4-5,10-11H2,1-3H3,(H,19,20,22). The number of benzene rings is 1. The molecule has 0 bridgehead atoms. The molecule has 1 amide bonds. The number of amides is 1. The summed E-state index contributed by atoms with van der Waals surface area (Å²) in [6.45, 7) is 5.70. The first-order valence-corrected chi connectivity index (χ1v) is 9.21. The molecule has 2 rings (SSSR count).